The summed E-state index contributed by atoms with van der Waals surface area (Å²) in [5.41, 5.74) is 9.89. The zero-order valence-corrected chi connectivity index (χ0v) is 7.32. The van der Waals surface area contributed by atoms with Crippen molar-refractivity contribution in [1.82, 2.24) is 5.32 Å². The first-order valence-corrected chi connectivity index (χ1v) is 3.99. The van der Waals surface area contributed by atoms with E-state index < -0.39 is 17.9 Å². The van der Waals surface area contributed by atoms with Crippen LogP contribution in [0.3, 0.4) is 0 Å². The minimum atomic E-state index is -0.732. The quantitative estimate of drug-likeness (QED) is 0.336. The van der Waals surface area contributed by atoms with Crippen LogP contribution in [0.5, 0.6) is 0 Å². The Hall–Kier alpha value is -1.14. The molecule has 0 rings (SSSR count). The Labute approximate surface area is 76.3 Å². The predicted molar refractivity (Wildman–Crippen MR) is 46.5 cm³/mol. The lowest BCUT2D eigenvalue weighted by molar-refractivity contribution is -0.125. The number of nitrogens with two attached hydrogens (primary N) is 2. The molecule has 1 unspecified atom stereocenters. The Morgan fingerprint density at radius 2 is 2.00 bits per heavy atom. The van der Waals surface area contributed by atoms with Crippen LogP contribution in [0.1, 0.15) is 12.8 Å². The van der Waals surface area contributed by atoms with Crippen molar-refractivity contribution in [1.29, 1.82) is 0 Å². The van der Waals surface area contributed by atoms with Crippen molar-refractivity contribution < 1.29 is 14.7 Å². The van der Waals surface area contributed by atoms with Gasteiger partial charge in [-0.2, -0.15) is 0 Å². The highest BCUT2D eigenvalue weighted by Crippen LogP contribution is 1.90. The molecule has 6 nitrogen and oxygen atoms in total. The second-order valence-electron chi connectivity index (χ2n) is 2.66. The number of carbonyl (C=O) groups is 2. The third-order valence-electron chi connectivity index (χ3n) is 1.47. The van der Waals surface area contributed by atoms with Crippen LogP contribution in [-0.2, 0) is 9.59 Å². The lowest BCUT2D eigenvalue weighted by Crippen LogP contribution is -2.44. The van der Waals surface area contributed by atoms with Crippen LogP contribution >= 0.6 is 0 Å². The van der Waals surface area contributed by atoms with Gasteiger partial charge in [-0.1, -0.05) is 0 Å². The van der Waals surface area contributed by atoms with Crippen LogP contribution in [0.4, 0.5) is 0 Å². The highest BCUT2D eigenvalue weighted by molar-refractivity contribution is 5.86. The standard InChI is InChI=1S/C7H15N3O3/c8-6(12)4-5(7(9)13)10-2-1-3-11/h5,10-11H,1-4H2,(H2,8,12)(H2,9,13). The summed E-state index contributed by atoms with van der Waals surface area (Å²) >= 11 is 0. The Morgan fingerprint density at radius 3 is 2.38 bits per heavy atom. The van der Waals surface area contributed by atoms with Gasteiger partial charge in [-0.3, -0.25) is 9.59 Å². The average molecular weight is 189 g/mol. The van der Waals surface area contributed by atoms with Gasteiger partial charge in [0.25, 0.3) is 0 Å². The summed E-state index contributed by atoms with van der Waals surface area (Å²) in [6, 6.07) is -0.732. The first kappa shape index (κ1) is 11.9. The number of hydrogen-bond acceptors (Lipinski definition) is 4. The molecular weight excluding hydrogens is 174 g/mol. The van der Waals surface area contributed by atoms with Crippen molar-refractivity contribution in [3.63, 3.8) is 0 Å². The summed E-state index contributed by atoms with van der Waals surface area (Å²) in [4.78, 5) is 21.2. The lowest BCUT2D eigenvalue weighted by Gasteiger charge is -2.12. The van der Waals surface area contributed by atoms with E-state index in [0.29, 0.717) is 13.0 Å². The van der Waals surface area contributed by atoms with Gasteiger partial charge >= 0.3 is 0 Å². The lowest BCUT2D eigenvalue weighted by atomic mass is 10.2. The molecule has 0 aliphatic heterocycles. The zero-order chi connectivity index (χ0) is 10.3. The molecule has 0 fully saturated rings. The van der Waals surface area contributed by atoms with E-state index in [-0.39, 0.29) is 13.0 Å². The van der Waals surface area contributed by atoms with Crippen LogP contribution in [-0.4, -0.2) is 36.1 Å². The second kappa shape index (κ2) is 6.38. The topological polar surface area (TPSA) is 118 Å². The number of rotatable bonds is 7. The smallest absolute Gasteiger partial charge is 0.235 e. The highest BCUT2D eigenvalue weighted by Gasteiger charge is 2.16. The van der Waals surface area contributed by atoms with Crippen molar-refractivity contribution in [3.8, 4) is 0 Å². The Morgan fingerprint density at radius 1 is 1.38 bits per heavy atom. The molecule has 0 aromatic heterocycles. The van der Waals surface area contributed by atoms with Gasteiger partial charge in [0.05, 0.1) is 12.5 Å². The molecule has 0 aromatic rings. The molecule has 0 saturated carbocycles. The van der Waals surface area contributed by atoms with E-state index in [0.717, 1.165) is 0 Å². The molecular formula is C7H15N3O3. The molecule has 0 radical (unpaired) electrons. The van der Waals surface area contributed by atoms with Crippen LogP contribution in [0.25, 0.3) is 0 Å². The Kier molecular flexibility index (Phi) is 5.82. The Bertz CT molecular complexity index is 184. The number of carbonyl (C=O) groups excluding carboxylic acids is 2. The first-order valence-electron chi connectivity index (χ1n) is 3.99. The monoisotopic (exact) mass is 189 g/mol. The Balaban J connectivity index is 3.81. The molecule has 6 heteroatoms. The fourth-order valence-electron chi connectivity index (χ4n) is 0.830. The molecule has 0 aliphatic rings. The molecule has 76 valence electrons. The predicted octanol–water partition coefficient (Wildman–Crippen LogP) is -2.31. The highest BCUT2D eigenvalue weighted by atomic mass is 16.3. The number of primary amides is 2. The second-order valence-corrected chi connectivity index (χ2v) is 2.66. The molecule has 0 aliphatic carbocycles. The number of amides is 2. The van der Waals surface area contributed by atoms with Crippen molar-refractivity contribution in [2.75, 3.05) is 13.2 Å². The van der Waals surface area contributed by atoms with Crippen molar-refractivity contribution in [3.05, 3.63) is 0 Å². The summed E-state index contributed by atoms with van der Waals surface area (Å²) in [6.07, 6.45) is 0.392. The van der Waals surface area contributed by atoms with Crippen LogP contribution in [0.15, 0.2) is 0 Å². The largest absolute Gasteiger partial charge is 0.396 e. The van der Waals surface area contributed by atoms with E-state index in [1.807, 2.05) is 0 Å². The van der Waals surface area contributed by atoms with Gasteiger partial charge in [-0.15, -0.1) is 0 Å². The molecule has 1 atom stereocenters. The molecule has 0 saturated heterocycles. The van der Waals surface area contributed by atoms with Gasteiger partial charge in [0, 0.05) is 6.61 Å². The van der Waals surface area contributed by atoms with E-state index in [2.05, 4.69) is 5.32 Å². The summed E-state index contributed by atoms with van der Waals surface area (Å²) in [6.45, 7) is 0.451. The van der Waals surface area contributed by atoms with Crippen molar-refractivity contribution in [2.45, 2.75) is 18.9 Å². The molecule has 0 heterocycles. The molecule has 2 amide bonds. The third kappa shape index (κ3) is 6.06. The molecule has 0 spiro atoms. The first-order chi connectivity index (χ1) is 6.07. The molecule has 0 bridgehead atoms. The van der Waals surface area contributed by atoms with Gasteiger partial charge in [0.2, 0.25) is 11.8 Å². The minimum Gasteiger partial charge on any atom is -0.396 e. The summed E-state index contributed by atoms with van der Waals surface area (Å²) in [5.74, 6) is -1.20. The van der Waals surface area contributed by atoms with Crippen molar-refractivity contribution in [2.24, 2.45) is 11.5 Å². The maximum Gasteiger partial charge on any atom is 0.235 e. The number of hydrogen-bond donors (Lipinski definition) is 4. The number of nitrogens with one attached hydrogen (secondary N) is 1. The molecule has 13 heavy (non-hydrogen) atoms. The fraction of sp³-hybridized carbons (Fsp3) is 0.714. The van der Waals surface area contributed by atoms with Gasteiger partial charge < -0.3 is 21.9 Å². The SMILES string of the molecule is NC(=O)CC(NCCCO)C(N)=O. The average Bonchev–Trinajstić information content (AvgIpc) is 2.02. The van der Waals surface area contributed by atoms with Gasteiger partial charge in [0.1, 0.15) is 0 Å². The molecule has 0 aromatic carbocycles. The summed E-state index contributed by atoms with van der Waals surface area (Å²) in [7, 11) is 0. The van der Waals surface area contributed by atoms with E-state index >= 15 is 0 Å². The summed E-state index contributed by atoms with van der Waals surface area (Å²) < 4.78 is 0. The van der Waals surface area contributed by atoms with Gasteiger partial charge in [-0.05, 0) is 13.0 Å². The van der Waals surface area contributed by atoms with Gasteiger partial charge in [-0.25, -0.2) is 0 Å². The number of aliphatic hydroxyl groups is 1. The summed E-state index contributed by atoms with van der Waals surface area (Å²) in [5, 5.41) is 11.2. The zero-order valence-electron chi connectivity index (χ0n) is 7.32. The van der Waals surface area contributed by atoms with E-state index in [1.165, 1.54) is 0 Å². The van der Waals surface area contributed by atoms with E-state index in [4.69, 9.17) is 16.6 Å². The number of aliphatic hydroxyl groups excluding tert-OH is 1. The minimum absolute atomic E-state index is 0.0229. The molecule has 6 N–H and O–H groups in total. The van der Waals surface area contributed by atoms with Crippen LogP contribution in [0.2, 0.25) is 0 Å². The maximum atomic E-state index is 10.7. The van der Waals surface area contributed by atoms with Gasteiger partial charge in [0.15, 0.2) is 0 Å². The van der Waals surface area contributed by atoms with Crippen molar-refractivity contribution >= 4 is 11.8 Å². The normalized spacial score (nSPS) is 12.4. The van der Waals surface area contributed by atoms with Crippen LogP contribution in [0, 0.1) is 0 Å². The fourth-order valence-corrected chi connectivity index (χ4v) is 0.830. The van der Waals surface area contributed by atoms with E-state index in [1.54, 1.807) is 0 Å². The van der Waals surface area contributed by atoms with Crippen LogP contribution < -0.4 is 16.8 Å². The van der Waals surface area contributed by atoms with E-state index in [9.17, 15) is 9.59 Å². The third-order valence-corrected chi connectivity index (χ3v) is 1.47. The maximum absolute atomic E-state index is 10.7.